The highest BCUT2D eigenvalue weighted by molar-refractivity contribution is 8.13. The molecule has 0 aromatic carbocycles. The van der Waals surface area contributed by atoms with E-state index >= 15 is 0 Å². The molecule has 0 radical (unpaired) electrons. The van der Waals surface area contributed by atoms with Crippen LogP contribution < -0.4 is 0 Å². The van der Waals surface area contributed by atoms with Crippen molar-refractivity contribution >= 4 is 40.2 Å². The van der Waals surface area contributed by atoms with Crippen LogP contribution in [0.4, 0.5) is 0 Å². The first-order chi connectivity index (χ1) is 7.18. The lowest BCUT2D eigenvalue weighted by molar-refractivity contribution is 0.580. The zero-order chi connectivity index (χ0) is 10.9. The van der Waals surface area contributed by atoms with Crippen LogP contribution in [0.15, 0.2) is 24.5 Å². The normalized spacial score (nSPS) is 30.4. The Morgan fingerprint density at radius 2 is 2.47 bits per heavy atom. The van der Waals surface area contributed by atoms with E-state index in [4.69, 9.17) is 12.2 Å². The second-order valence-electron chi connectivity index (χ2n) is 3.53. The quantitative estimate of drug-likeness (QED) is 0.500. The number of pyridine rings is 1. The van der Waals surface area contributed by atoms with E-state index in [1.54, 1.807) is 12.4 Å². The summed E-state index contributed by atoms with van der Waals surface area (Å²) in [5.74, 6) is 0.704. The van der Waals surface area contributed by atoms with E-state index in [1.165, 1.54) is 0 Å². The molecule has 2 nitrogen and oxygen atoms in total. The number of hydrogen-bond donors (Lipinski definition) is 1. The smallest absolute Gasteiger partial charge is 0.192 e. The van der Waals surface area contributed by atoms with Gasteiger partial charge in [-0.2, -0.15) is 0 Å². The van der Waals surface area contributed by atoms with Crippen molar-refractivity contribution in [3.8, 4) is 0 Å². The van der Waals surface area contributed by atoms with Crippen LogP contribution in [0.2, 0.25) is 0 Å². The summed E-state index contributed by atoms with van der Waals surface area (Å²) in [6.45, 7) is 0. The minimum atomic E-state index is -0.958. The zero-order valence-electron chi connectivity index (χ0n) is 8.05. The highest BCUT2D eigenvalue weighted by Crippen LogP contribution is 2.43. The Kier molecular flexibility index (Phi) is 3.35. The second-order valence-corrected chi connectivity index (χ2v) is 6.48. The molecule has 2 heterocycles. The first-order valence-corrected chi connectivity index (χ1v) is 6.88. The van der Waals surface area contributed by atoms with Crippen LogP contribution in [-0.4, -0.2) is 19.5 Å². The fraction of sp³-hybridized carbons (Fsp3) is 0.400. The second kappa shape index (κ2) is 4.41. The van der Waals surface area contributed by atoms with E-state index in [0.29, 0.717) is 9.95 Å². The summed E-state index contributed by atoms with van der Waals surface area (Å²) in [6, 6.07) is 3.78. The monoisotopic (exact) mass is 257 g/mol. The Balaban J connectivity index is 2.49. The minimum Gasteiger partial charge on any atom is -0.615 e. The SMILES string of the molecule is [O-][S+]1CCCC1(C(=S)S)c1cccnc1. The highest BCUT2D eigenvalue weighted by Gasteiger charge is 2.50. The van der Waals surface area contributed by atoms with Crippen molar-refractivity contribution in [3.63, 3.8) is 0 Å². The number of hydrogen-bond acceptors (Lipinski definition) is 3. The average Bonchev–Trinajstić information content (AvgIpc) is 2.62. The predicted molar refractivity (Wildman–Crippen MR) is 69.7 cm³/mol. The highest BCUT2D eigenvalue weighted by atomic mass is 32.2. The first kappa shape index (κ1) is 11.4. The third-order valence-electron chi connectivity index (χ3n) is 2.72. The van der Waals surface area contributed by atoms with Crippen LogP contribution in [0.5, 0.6) is 0 Å². The molecule has 5 heteroatoms. The first-order valence-electron chi connectivity index (χ1n) is 4.70. The fourth-order valence-electron chi connectivity index (χ4n) is 1.95. The van der Waals surface area contributed by atoms with E-state index in [0.717, 1.165) is 18.4 Å². The third-order valence-corrected chi connectivity index (χ3v) is 5.81. The molecule has 1 saturated heterocycles. The van der Waals surface area contributed by atoms with Gasteiger partial charge in [-0.25, -0.2) is 0 Å². The van der Waals surface area contributed by atoms with Crippen LogP contribution in [0.1, 0.15) is 18.4 Å². The lowest BCUT2D eigenvalue weighted by Crippen LogP contribution is -2.37. The van der Waals surface area contributed by atoms with Crippen molar-refractivity contribution in [2.24, 2.45) is 0 Å². The number of aromatic nitrogens is 1. The standard InChI is InChI=1S/C10H11NOS3/c12-15-6-2-4-10(15,9(13)14)8-3-1-5-11-7-8/h1,3,5,7H,2,4,6H2,(H,13,14). The van der Waals surface area contributed by atoms with Gasteiger partial charge in [-0.05, 0) is 23.7 Å². The van der Waals surface area contributed by atoms with Gasteiger partial charge in [0.25, 0.3) is 0 Å². The molecule has 1 aliphatic rings. The van der Waals surface area contributed by atoms with Crippen molar-refractivity contribution < 1.29 is 4.55 Å². The van der Waals surface area contributed by atoms with Gasteiger partial charge < -0.3 is 4.55 Å². The van der Waals surface area contributed by atoms with E-state index in [1.807, 2.05) is 12.1 Å². The summed E-state index contributed by atoms with van der Waals surface area (Å²) >= 11 is 8.47. The third kappa shape index (κ3) is 1.82. The Morgan fingerprint density at radius 1 is 1.67 bits per heavy atom. The number of thiocarbonyl (C=S) groups is 1. The summed E-state index contributed by atoms with van der Waals surface area (Å²) in [5, 5.41) is 0. The molecule has 0 spiro atoms. The topological polar surface area (TPSA) is 36.0 Å². The van der Waals surface area contributed by atoms with E-state index in [9.17, 15) is 4.55 Å². The molecule has 1 aliphatic heterocycles. The summed E-state index contributed by atoms with van der Waals surface area (Å²) in [5.41, 5.74) is 0.931. The maximum absolute atomic E-state index is 12.1. The molecular formula is C10H11NOS3. The van der Waals surface area contributed by atoms with Gasteiger partial charge >= 0.3 is 0 Å². The van der Waals surface area contributed by atoms with Crippen LogP contribution in [0.25, 0.3) is 0 Å². The van der Waals surface area contributed by atoms with Crippen LogP contribution >= 0.6 is 24.8 Å². The molecule has 1 aromatic heterocycles. The van der Waals surface area contributed by atoms with Gasteiger partial charge in [-0.15, -0.1) is 12.6 Å². The van der Waals surface area contributed by atoms with E-state index in [2.05, 4.69) is 17.6 Å². The van der Waals surface area contributed by atoms with Gasteiger partial charge in [0.05, 0.1) is 0 Å². The minimum absolute atomic E-state index is 0.520. The molecule has 15 heavy (non-hydrogen) atoms. The zero-order valence-corrected chi connectivity index (χ0v) is 10.6. The van der Waals surface area contributed by atoms with Crippen molar-refractivity contribution in [2.75, 3.05) is 5.75 Å². The Bertz CT molecular complexity index is 370. The van der Waals surface area contributed by atoms with Crippen molar-refractivity contribution in [1.29, 1.82) is 0 Å². The molecule has 0 bridgehead atoms. The molecule has 0 aliphatic carbocycles. The number of thiol groups is 1. The van der Waals surface area contributed by atoms with Crippen molar-refractivity contribution in [2.45, 2.75) is 17.6 Å². The van der Waals surface area contributed by atoms with Crippen LogP contribution in [0, 0.1) is 0 Å². The lowest BCUT2D eigenvalue weighted by atomic mass is 9.97. The van der Waals surface area contributed by atoms with Gasteiger partial charge in [0, 0.05) is 24.4 Å². The van der Waals surface area contributed by atoms with Crippen molar-refractivity contribution in [3.05, 3.63) is 30.1 Å². The Labute approximate surface area is 103 Å². The van der Waals surface area contributed by atoms with Gasteiger partial charge in [0.2, 0.25) is 0 Å². The van der Waals surface area contributed by atoms with Gasteiger partial charge in [-0.1, -0.05) is 18.3 Å². The molecular weight excluding hydrogens is 246 g/mol. The molecule has 2 rings (SSSR count). The summed E-state index contributed by atoms with van der Waals surface area (Å²) in [4.78, 5) is 4.06. The summed E-state index contributed by atoms with van der Waals surface area (Å²) in [6.07, 6.45) is 5.19. The Morgan fingerprint density at radius 3 is 2.93 bits per heavy atom. The van der Waals surface area contributed by atoms with Crippen LogP contribution in [-0.2, 0) is 15.9 Å². The maximum atomic E-state index is 12.1. The van der Waals surface area contributed by atoms with E-state index in [-0.39, 0.29) is 0 Å². The molecule has 0 amide bonds. The van der Waals surface area contributed by atoms with Crippen LogP contribution in [0.3, 0.4) is 0 Å². The molecule has 0 N–H and O–H groups in total. The summed E-state index contributed by atoms with van der Waals surface area (Å²) in [7, 11) is 0. The van der Waals surface area contributed by atoms with E-state index < -0.39 is 15.9 Å². The maximum Gasteiger partial charge on any atom is 0.192 e. The molecule has 1 aromatic rings. The van der Waals surface area contributed by atoms with Gasteiger partial charge in [0.15, 0.2) is 4.75 Å². The van der Waals surface area contributed by atoms with Gasteiger partial charge in [0.1, 0.15) is 9.95 Å². The largest absolute Gasteiger partial charge is 0.615 e. The molecule has 2 atom stereocenters. The summed E-state index contributed by atoms with van der Waals surface area (Å²) < 4.78 is 12.1. The molecule has 1 fully saturated rings. The number of nitrogens with zero attached hydrogens (tertiary/aromatic N) is 1. The lowest BCUT2D eigenvalue weighted by Gasteiger charge is -2.28. The molecule has 80 valence electrons. The number of rotatable bonds is 2. The predicted octanol–water partition coefficient (Wildman–Crippen LogP) is 2.08. The average molecular weight is 257 g/mol. The van der Waals surface area contributed by atoms with Gasteiger partial charge in [-0.3, -0.25) is 4.98 Å². The Hall–Kier alpha value is -0.100. The fourth-order valence-corrected chi connectivity index (χ4v) is 4.70. The molecule has 2 unspecified atom stereocenters. The van der Waals surface area contributed by atoms with Crippen molar-refractivity contribution in [1.82, 2.24) is 4.98 Å². The molecule has 0 saturated carbocycles.